The maximum Gasteiger partial charge on any atom is 0.123 e. The summed E-state index contributed by atoms with van der Waals surface area (Å²) in [7, 11) is 1.59. The smallest absolute Gasteiger partial charge is 0.123 e. The van der Waals surface area contributed by atoms with Crippen LogP contribution in [0.2, 0.25) is 0 Å². The second-order valence-electron chi connectivity index (χ2n) is 4.98. The average Bonchev–Trinajstić information content (AvgIpc) is 2.52. The number of rotatable bonds is 6. The summed E-state index contributed by atoms with van der Waals surface area (Å²) in [6.07, 6.45) is -0.642. The van der Waals surface area contributed by atoms with Crippen LogP contribution in [0.1, 0.15) is 30.2 Å². The molecule has 0 spiro atoms. The second kappa shape index (κ2) is 7.20. The SMILES string of the molecule is COc1cccc(C(O)CN[C@H](C)c2cccc(F)c2)c1. The third-order valence-corrected chi connectivity index (χ3v) is 3.44. The van der Waals surface area contributed by atoms with Crippen molar-refractivity contribution in [2.75, 3.05) is 13.7 Å². The maximum atomic E-state index is 13.2. The summed E-state index contributed by atoms with van der Waals surface area (Å²) in [6.45, 7) is 2.32. The number of ether oxygens (including phenoxy) is 1. The van der Waals surface area contributed by atoms with Crippen LogP contribution in [-0.2, 0) is 0 Å². The van der Waals surface area contributed by atoms with Gasteiger partial charge in [-0.15, -0.1) is 0 Å². The second-order valence-corrected chi connectivity index (χ2v) is 4.98. The first-order chi connectivity index (χ1) is 10.1. The third kappa shape index (κ3) is 4.28. The first-order valence-corrected chi connectivity index (χ1v) is 6.91. The number of hydrogen-bond donors (Lipinski definition) is 2. The van der Waals surface area contributed by atoms with Crippen LogP contribution in [0, 0.1) is 5.82 Å². The highest BCUT2D eigenvalue weighted by molar-refractivity contribution is 5.30. The minimum absolute atomic E-state index is 0.0408. The van der Waals surface area contributed by atoms with Gasteiger partial charge in [0.2, 0.25) is 0 Å². The zero-order chi connectivity index (χ0) is 15.2. The monoisotopic (exact) mass is 289 g/mol. The van der Waals surface area contributed by atoms with Crippen LogP contribution in [-0.4, -0.2) is 18.8 Å². The Labute approximate surface area is 124 Å². The molecule has 0 aliphatic carbocycles. The summed E-state index contributed by atoms with van der Waals surface area (Å²) in [5.41, 5.74) is 1.64. The van der Waals surface area contributed by atoms with E-state index in [9.17, 15) is 9.50 Å². The Morgan fingerprint density at radius 2 is 1.86 bits per heavy atom. The molecule has 3 nitrogen and oxygen atoms in total. The number of aliphatic hydroxyl groups is 1. The lowest BCUT2D eigenvalue weighted by Crippen LogP contribution is -2.24. The van der Waals surface area contributed by atoms with Crippen LogP contribution in [0.25, 0.3) is 0 Å². The Morgan fingerprint density at radius 1 is 1.14 bits per heavy atom. The van der Waals surface area contributed by atoms with E-state index < -0.39 is 6.10 Å². The third-order valence-electron chi connectivity index (χ3n) is 3.44. The molecule has 21 heavy (non-hydrogen) atoms. The van der Waals surface area contributed by atoms with E-state index in [-0.39, 0.29) is 11.9 Å². The topological polar surface area (TPSA) is 41.5 Å². The quantitative estimate of drug-likeness (QED) is 0.858. The van der Waals surface area contributed by atoms with E-state index in [1.54, 1.807) is 19.2 Å². The fourth-order valence-electron chi connectivity index (χ4n) is 2.15. The number of nitrogens with one attached hydrogen (secondary N) is 1. The molecule has 0 radical (unpaired) electrons. The van der Waals surface area contributed by atoms with Crippen molar-refractivity contribution >= 4 is 0 Å². The Kier molecular flexibility index (Phi) is 5.31. The molecule has 0 aliphatic rings. The molecule has 0 bridgehead atoms. The first kappa shape index (κ1) is 15.5. The van der Waals surface area contributed by atoms with Crippen LogP contribution in [0.3, 0.4) is 0 Å². The molecule has 2 aromatic rings. The lowest BCUT2D eigenvalue weighted by atomic mass is 10.1. The van der Waals surface area contributed by atoms with Gasteiger partial charge in [0, 0.05) is 12.6 Å². The lowest BCUT2D eigenvalue weighted by Gasteiger charge is -2.18. The summed E-state index contributed by atoms with van der Waals surface area (Å²) < 4.78 is 18.3. The van der Waals surface area contributed by atoms with Gasteiger partial charge in [0.1, 0.15) is 11.6 Å². The van der Waals surface area contributed by atoms with Crippen molar-refractivity contribution in [3.8, 4) is 5.75 Å². The molecule has 0 heterocycles. The van der Waals surface area contributed by atoms with Crippen molar-refractivity contribution in [3.63, 3.8) is 0 Å². The van der Waals surface area contributed by atoms with Gasteiger partial charge in [0.05, 0.1) is 13.2 Å². The van der Waals surface area contributed by atoms with Gasteiger partial charge in [-0.05, 0) is 42.3 Å². The molecule has 2 rings (SSSR count). The van der Waals surface area contributed by atoms with E-state index in [0.29, 0.717) is 12.3 Å². The normalized spacial score (nSPS) is 13.7. The molecule has 0 fully saturated rings. The molecule has 0 amide bonds. The average molecular weight is 289 g/mol. The molecule has 112 valence electrons. The summed E-state index contributed by atoms with van der Waals surface area (Å²) in [4.78, 5) is 0. The number of methoxy groups -OCH3 is 1. The Bertz CT molecular complexity index is 589. The summed E-state index contributed by atoms with van der Waals surface area (Å²) in [5.74, 6) is 0.458. The minimum atomic E-state index is -0.642. The summed E-state index contributed by atoms with van der Waals surface area (Å²) >= 11 is 0. The van der Waals surface area contributed by atoms with E-state index in [1.165, 1.54) is 12.1 Å². The van der Waals surface area contributed by atoms with Gasteiger partial charge >= 0.3 is 0 Å². The first-order valence-electron chi connectivity index (χ1n) is 6.91. The van der Waals surface area contributed by atoms with Crippen molar-refractivity contribution < 1.29 is 14.2 Å². The van der Waals surface area contributed by atoms with Crippen molar-refractivity contribution in [1.29, 1.82) is 0 Å². The van der Waals surface area contributed by atoms with Crippen LogP contribution in [0.5, 0.6) is 5.75 Å². The zero-order valence-electron chi connectivity index (χ0n) is 12.2. The van der Waals surface area contributed by atoms with E-state index in [0.717, 1.165) is 11.1 Å². The van der Waals surface area contributed by atoms with E-state index in [2.05, 4.69) is 5.32 Å². The number of halogens is 1. The van der Waals surface area contributed by atoms with E-state index in [4.69, 9.17) is 4.74 Å². The molecular formula is C17H20FNO2. The van der Waals surface area contributed by atoms with Gasteiger partial charge in [-0.3, -0.25) is 0 Å². The van der Waals surface area contributed by atoms with Crippen molar-refractivity contribution in [2.45, 2.75) is 19.1 Å². The standard InChI is InChI=1S/C17H20FNO2/c1-12(13-5-3-7-15(18)9-13)19-11-17(20)14-6-4-8-16(10-14)21-2/h3-10,12,17,19-20H,11H2,1-2H3/t12-,17?/m1/s1. The number of hydrogen-bond acceptors (Lipinski definition) is 3. The molecule has 2 N–H and O–H groups in total. The summed E-state index contributed by atoms with van der Waals surface area (Å²) in [6, 6.07) is 13.7. The van der Waals surface area contributed by atoms with Crippen LogP contribution < -0.4 is 10.1 Å². The van der Waals surface area contributed by atoms with Gasteiger partial charge in [0.15, 0.2) is 0 Å². The predicted molar refractivity (Wildman–Crippen MR) is 80.8 cm³/mol. The van der Waals surface area contributed by atoms with Crippen molar-refractivity contribution in [2.24, 2.45) is 0 Å². The maximum absolute atomic E-state index is 13.2. The van der Waals surface area contributed by atoms with Gasteiger partial charge in [-0.2, -0.15) is 0 Å². The highest BCUT2D eigenvalue weighted by Gasteiger charge is 2.11. The van der Waals surface area contributed by atoms with Crippen LogP contribution in [0.15, 0.2) is 48.5 Å². The largest absolute Gasteiger partial charge is 0.497 e. The Morgan fingerprint density at radius 3 is 2.57 bits per heavy atom. The minimum Gasteiger partial charge on any atom is -0.497 e. The fraction of sp³-hybridized carbons (Fsp3) is 0.294. The highest BCUT2D eigenvalue weighted by atomic mass is 19.1. The van der Waals surface area contributed by atoms with Crippen molar-refractivity contribution in [3.05, 3.63) is 65.5 Å². The zero-order valence-corrected chi connectivity index (χ0v) is 12.2. The van der Waals surface area contributed by atoms with E-state index >= 15 is 0 Å². The lowest BCUT2D eigenvalue weighted by molar-refractivity contribution is 0.170. The van der Waals surface area contributed by atoms with Crippen LogP contribution >= 0.6 is 0 Å². The van der Waals surface area contributed by atoms with Gasteiger partial charge < -0.3 is 15.2 Å². The van der Waals surface area contributed by atoms with Gasteiger partial charge in [-0.25, -0.2) is 4.39 Å². The number of aliphatic hydroxyl groups excluding tert-OH is 1. The Balaban J connectivity index is 1.95. The molecule has 0 aromatic heterocycles. The highest BCUT2D eigenvalue weighted by Crippen LogP contribution is 2.20. The molecular weight excluding hydrogens is 269 g/mol. The van der Waals surface area contributed by atoms with Gasteiger partial charge in [-0.1, -0.05) is 24.3 Å². The fourth-order valence-corrected chi connectivity index (χ4v) is 2.15. The predicted octanol–water partition coefficient (Wildman–Crippen LogP) is 3.22. The van der Waals surface area contributed by atoms with Crippen LogP contribution in [0.4, 0.5) is 4.39 Å². The molecule has 4 heteroatoms. The number of benzene rings is 2. The molecule has 2 atom stereocenters. The van der Waals surface area contributed by atoms with Gasteiger partial charge in [0.25, 0.3) is 0 Å². The van der Waals surface area contributed by atoms with E-state index in [1.807, 2.05) is 31.2 Å². The molecule has 0 saturated heterocycles. The Hall–Kier alpha value is -1.91. The summed E-state index contributed by atoms with van der Waals surface area (Å²) in [5, 5.41) is 13.4. The van der Waals surface area contributed by atoms with Crippen molar-refractivity contribution in [1.82, 2.24) is 5.32 Å². The molecule has 1 unspecified atom stereocenters. The molecule has 0 aliphatic heterocycles. The molecule has 2 aromatic carbocycles. The molecule has 0 saturated carbocycles.